The molecule has 2 rings (SSSR count). The van der Waals surface area contributed by atoms with Crippen molar-refractivity contribution in [2.24, 2.45) is 12.9 Å². The SMILES string of the molecule is Cn1cc(C(Cc2cccc(Cl)c2Cl)NN)cn1. The molecule has 1 heterocycles. The van der Waals surface area contributed by atoms with Gasteiger partial charge in [0.1, 0.15) is 0 Å². The van der Waals surface area contributed by atoms with Gasteiger partial charge >= 0.3 is 0 Å². The van der Waals surface area contributed by atoms with Crippen molar-refractivity contribution < 1.29 is 0 Å². The maximum absolute atomic E-state index is 6.17. The zero-order valence-corrected chi connectivity index (χ0v) is 11.4. The number of nitrogens with zero attached hydrogens (tertiary/aromatic N) is 2. The molecule has 1 atom stereocenters. The van der Waals surface area contributed by atoms with Gasteiger partial charge in [-0.25, -0.2) is 0 Å². The molecule has 18 heavy (non-hydrogen) atoms. The van der Waals surface area contributed by atoms with Gasteiger partial charge < -0.3 is 0 Å². The van der Waals surface area contributed by atoms with Crippen molar-refractivity contribution in [2.45, 2.75) is 12.5 Å². The molecule has 3 N–H and O–H groups in total. The fourth-order valence-corrected chi connectivity index (χ4v) is 2.22. The third kappa shape index (κ3) is 2.84. The highest BCUT2D eigenvalue weighted by Crippen LogP contribution is 2.28. The standard InChI is InChI=1S/C12H14Cl2N4/c1-18-7-9(6-16-18)11(17-15)5-8-3-2-4-10(13)12(8)14/h2-4,6-7,11,17H,5,15H2,1H3. The Balaban J connectivity index is 2.23. The third-order valence-electron chi connectivity index (χ3n) is 2.78. The van der Waals surface area contributed by atoms with Gasteiger partial charge in [-0.3, -0.25) is 16.0 Å². The molecule has 2 aromatic rings. The van der Waals surface area contributed by atoms with Crippen molar-refractivity contribution in [3.05, 3.63) is 51.8 Å². The Morgan fingerprint density at radius 1 is 1.44 bits per heavy atom. The van der Waals surface area contributed by atoms with Crippen LogP contribution in [0.3, 0.4) is 0 Å². The van der Waals surface area contributed by atoms with E-state index in [-0.39, 0.29) is 6.04 Å². The van der Waals surface area contributed by atoms with Crippen LogP contribution in [0.1, 0.15) is 17.2 Å². The molecule has 1 unspecified atom stereocenters. The van der Waals surface area contributed by atoms with Gasteiger partial charge in [0.15, 0.2) is 0 Å². The van der Waals surface area contributed by atoms with Gasteiger partial charge in [0.2, 0.25) is 0 Å². The molecule has 0 aliphatic rings. The quantitative estimate of drug-likeness (QED) is 0.670. The Morgan fingerprint density at radius 2 is 2.22 bits per heavy atom. The van der Waals surface area contributed by atoms with Crippen LogP contribution in [0.4, 0.5) is 0 Å². The summed E-state index contributed by atoms with van der Waals surface area (Å²) < 4.78 is 1.74. The molecular formula is C12H14Cl2N4. The predicted octanol–water partition coefficient (Wildman–Crippen LogP) is 2.47. The van der Waals surface area contributed by atoms with E-state index >= 15 is 0 Å². The largest absolute Gasteiger partial charge is 0.275 e. The minimum Gasteiger partial charge on any atom is -0.275 e. The second-order valence-electron chi connectivity index (χ2n) is 4.08. The average Bonchev–Trinajstić information content (AvgIpc) is 2.78. The summed E-state index contributed by atoms with van der Waals surface area (Å²) in [6, 6.07) is 5.53. The van der Waals surface area contributed by atoms with Crippen molar-refractivity contribution in [3.8, 4) is 0 Å². The van der Waals surface area contributed by atoms with Crippen LogP contribution in [0.25, 0.3) is 0 Å². The number of hydrazine groups is 1. The highest BCUT2D eigenvalue weighted by Gasteiger charge is 2.15. The van der Waals surface area contributed by atoms with Gasteiger partial charge in [0, 0.05) is 18.8 Å². The van der Waals surface area contributed by atoms with Gasteiger partial charge in [-0.1, -0.05) is 35.3 Å². The summed E-state index contributed by atoms with van der Waals surface area (Å²) in [5, 5.41) is 5.25. The zero-order valence-electron chi connectivity index (χ0n) is 9.90. The van der Waals surface area contributed by atoms with E-state index in [9.17, 15) is 0 Å². The van der Waals surface area contributed by atoms with Crippen LogP contribution in [0.2, 0.25) is 10.0 Å². The lowest BCUT2D eigenvalue weighted by atomic mass is 10.0. The fourth-order valence-electron chi connectivity index (χ4n) is 1.82. The van der Waals surface area contributed by atoms with E-state index in [0.717, 1.165) is 11.1 Å². The Hall–Kier alpha value is -1.07. The van der Waals surface area contributed by atoms with Crippen molar-refractivity contribution in [1.29, 1.82) is 0 Å². The minimum atomic E-state index is -0.0466. The third-order valence-corrected chi connectivity index (χ3v) is 3.64. The summed E-state index contributed by atoms with van der Waals surface area (Å²) in [6.45, 7) is 0. The van der Waals surface area contributed by atoms with Gasteiger partial charge in [0.25, 0.3) is 0 Å². The topological polar surface area (TPSA) is 55.9 Å². The smallest absolute Gasteiger partial charge is 0.0624 e. The number of nitrogens with one attached hydrogen (secondary N) is 1. The van der Waals surface area contributed by atoms with Crippen LogP contribution < -0.4 is 11.3 Å². The number of aryl methyl sites for hydroxylation is 1. The van der Waals surface area contributed by atoms with Crippen LogP contribution in [0.15, 0.2) is 30.6 Å². The van der Waals surface area contributed by atoms with E-state index in [1.807, 2.05) is 25.4 Å². The van der Waals surface area contributed by atoms with Crippen molar-refractivity contribution in [1.82, 2.24) is 15.2 Å². The van der Waals surface area contributed by atoms with E-state index in [1.54, 1.807) is 16.9 Å². The first-order valence-electron chi connectivity index (χ1n) is 5.49. The van der Waals surface area contributed by atoms with Crippen LogP contribution >= 0.6 is 23.2 Å². The Bertz CT molecular complexity index is 539. The first-order chi connectivity index (χ1) is 8.61. The molecule has 1 aromatic heterocycles. The van der Waals surface area contributed by atoms with Crippen LogP contribution in [-0.4, -0.2) is 9.78 Å². The maximum Gasteiger partial charge on any atom is 0.0624 e. The molecule has 96 valence electrons. The van der Waals surface area contributed by atoms with Gasteiger partial charge in [-0.05, 0) is 18.1 Å². The number of hydrogen-bond acceptors (Lipinski definition) is 3. The lowest BCUT2D eigenvalue weighted by molar-refractivity contribution is 0.551. The molecule has 0 radical (unpaired) electrons. The molecule has 0 aliphatic carbocycles. The molecule has 0 saturated carbocycles. The number of aromatic nitrogens is 2. The molecule has 1 aromatic carbocycles. The lowest BCUT2D eigenvalue weighted by Crippen LogP contribution is -2.29. The minimum absolute atomic E-state index is 0.0466. The number of hydrogen-bond donors (Lipinski definition) is 2. The number of halogens is 2. The molecule has 0 spiro atoms. The van der Waals surface area contributed by atoms with Crippen molar-refractivity contribution in [3.63, 3.8) is 0 Å². The van der Waals surface area contributed by atoms with E-state index < -0.39 is 0 Å². The first-order valence-corrected chi connectivity index (χ1v) is 6.25. The number of nitrogens with two attached hydrogens (primary N) is 1. The summed E-state index contributed by atoms with van der Waals surface area (Å²) in [5.74, 6) is 5.59. The van der Waals surface area contributed by atoms with Crippen LogP contribution in [0.5, 0.6) is 0 Å². The molecule has 0 fully saturated rings. The molecule has 4 nitrogen and oxygen atoms in total. The molecule has 0 amide bonds. The molecule has 0 bridgehead atoms. The van der Waals surface area contributed by atoms with Crippen molar-refractivity contribution >= 4 is 23.2 Å². The first kappa shape index (κ1) is 13.4. The van der Waals surface area contributed by atoms with Gasteiger partial charge in [-0.2, -0.15) is 5.10 Å². The number of benzene rings is 1. The van der Waals surface area contributed by atoms with Crippen molar-refractivity contribution in [2.75, 3.05) is 0 Å². The molecule has 6 heteroatoms. The second kappa shape index (κ2) is 5.71. The molecule has 0 saturated heterocycles. The summed E-state index contributed by atoms with van der Waals surface area (Å²) in [6.07, 6.45) is 4.35. The Morgan fingerprint density at radius 3 is 2.83 bits per heavy atom. The van der Waals surface area contributed by atoms with Crippen LogP contribution in [0, 0.1) is 0 Å². The normalized spacial score (nSPS) is 12.7. The zero-order chi connectivity index (χ0) is 13.1. The van der Waals surface area contributed by atoms with Crippen LogP contribution in [-0.2, 0) is 13.5 Å². The lowest BCUT2D eigenvalue weighted by Gasteiger charge is -2.15. The van der Waals surface area contributed by atoms with E-state index in [4.69, 9.17) is 29.0 Å². The highest BCUT2D eigenvalue weighted by atomic mass is 35.5. The maximum atomic E-state index is 6.17. The highest BCUT2D eigenvalue weighted by molar-refractivity contribution is 6.42. The molecular weight excluding hydrogens is 271 g/mol. The Labute approximate surface area is 116 Å². The van der Waals surface area contributed by atoms with E-state index in [0.29, 0.717) is 16.5 Å². The van der Waals surface area contributed by atoms with Gasteiger partial charge in [0.05, 0.1) is 22.3 Å². The summed E-state index contributed by atoms with van der Waals surface area (Å²) >= 11 is 12.2. The van der Waals surface area contributed by atoms with Gasteiger partial charge in [-0.15, -0.1) is 0 Å². The summed E-state index contributed by atoms with van der Waals surface area (Å²) in [4.78, 5) is 0. The van der Waals surface area contributed by atoms with E-state index in [2.05, 4.69) is 10.5 Å². The Kier molecular flexibility index (Phi) is 4.24. The summed E-state index contributed by atoms with van der Waals surface area (Å²) in [7, 11) is 1.86. The predicted molar refractivity (Wildman–Crippen MR) is 73.4 cm³/mol. The fraction of sp³-hybridized carbons (Fsp3) is 0.250. The molecule has 0 aliphatic heterocycles. The summed E-state index contributed by atoms with van der Waals surface area (Å²) in [5.41, 5.74) is 4.74. The second-order valence-corrected chi connectivity index (χ2v) is 4.87. The average molecular weight is 285 g/mol. The number of rotatable bonds is 4. The monoisotopic (exact) mass is 284 g/mol. The van der Waals surface area contributed by atoms with E-state index in [1.165, 1.54) is 0 Å².